The fraction of sp³-hybridized carbons (Fsp3) is 0.294. The monoisotopic (exact) mass is 302 g/mol. The lowest BCUT2D eigenvalue weighted by Gasteiger charge is -2.06. The van der Waals surface area contributed by atoms with E-state index >= 15 is 0 Å². The maximum atomic E-state index is 12.8. The topological polar surface area (TPSA) is 51.2 Å². The molecule has 4 nitrogen and oxygen atoms in total. The molecule has 22 heavy (non-hydrogen) atoms. The van der Waals surface area contributed by atoms with Crippen molar-refractivity contribution in [3.05, 3.63) is 54.0 Å². The molecule has 0 spiro atoms. The summed E-state index contributed by atoms with van der Waals surface area (Å²) in [7, 11) is 1.54. The highest BCUT2D eigenvalue weighted by molar-refractivity contribution is 5.90. The Balaban J connectivity index is 1.67. The molecule has 2 rings (SSSR count). The van der Waals surface area contributed by atoms with E-state index in [9.17, 15) is 9.18 Å². The first kappa shape index (κ1) is 15.9. The van der Waals surface area contributed by atoms with E-state index in [1.54, 1.807) is 37.6 Å². The fourth-order valence-corrected chi connectivity index (χ4v) is 2.06. The second kappa shape index (κ2) is 8.12. The van der Waals surface area contributed by atoms with Crippen molar-refractivity contribution in [1.82, 2.24) is 4.98 Å². The second-order valence-electron chi connectivity index (χ2n) is 4.97. The Morgan fingerprint density at radius 3 is 2.59 bits per heavy atom. The summed E-state index contributed by atoms with van der Waals surface area (Å²) in [5, 5.41) is 2.79. The number of pyridine rings is 1. The van der Waals surface area contributed by atoms with E-state index in [1.807, 2.05) is 0 Å². The second-order valence-corrected chi connectivity index (χ2v) is 4.97. The summed E-state index contributed by atoms with van der Waals surface area (Å²) >= 11 is 0. The number of anilines is 1. The van der Waals surface area contributed by atoms with Crippen molar-refractivity contribution in [2.75, 3.05) is 12.4 Å². The van der Waals surface area contributed by atoms with Gasteiger partial charge in [0.05, 0.1) is 19.0 Å². The molecular formula is C17H19FN2O2. The first-order valence-electron chi connectivity index (χ1n) is 7.22. The number of halogens is 1. The zero-order valence-electron chi connectivity index (χ0n) is 12.5. The number of amides is 1. The van der Waals surface area contributed by atoms with Gasteiger partial charge in [0.1, 0.15) is 5.82 Å². The molecule has 0 saturated heterocycles. The standard InChI is InChI=1S/C17H19FN2O2/c1-22-17-11-10-15(12-19-17)20-16(21)5-3-2-4-13-6-8-14(18)9-7-13/h6-12H,2-5H2,1H3,(H,20,21). The lowest BCUT2D eigenvalue weighted by Crippen LogP contribution is -2.11. The van der Waals surface area contributed by atoms with Crippen molar-refractivity contribution in [1.29, 1.82) is 0 Å². The van der Waals surface area contributed by atoms with Crippen LogP contribution in [0.3, 0.4) is 0 Å². The summed E-state index contributed by atoms with van der Waals surface area (Å²) < 4.78 is 17.7. The van der Waals surface area contributed by atoms with Crippen molar-refractivity contribution in [3.8, 4) is 5.88 Å². The molecule has 0 bridgehead atoms. The predicted octanol–water partition coefficient (Wildman–Crippen LogP) is 3.58. The molecule has 0 radical (unpaired) electrons. The molecule has 1 heterocycles. The molecule has 5 heteroatoms. The average molecular weight is 302 g/mol. The lowest BCUT2D eigenvalue weighted by atomic mass is 10.1. The summed E-state index contributed by atoms with van der Waals surface area (Å²) in [5.74, 6) is 0.250. The Morgan fingerprint density at radius 2 is 1.95 bits per heavy atom. The van der Waals surface area contributed by atoms with Crippen molar-refractivity contribution < 1.29 is 13.9 Å². The van der Waals surface area contributed by atoms with E-state index in [-0.39, 0.29) is 11.7 Å². The van der Waals surface area contributed by atoms with Gasteiger partial charge in [0.25, 0.3) is 0 Å². The highest BCUT2D eigenvalue weighted by Gasteiger charge is 2.03. The number of methoxy groups -OCH3 is 1. The number of unbranched alkanes of at least 4 members (excludes halogenated alkanes) is 1. The van der Waals surface area contributed by atoms with Gasteiger partial charge in [0.2, 0.25) is 11.8 Å². The Bertz CT molecular complexity index is 597. The number of aromatic nitrogens is 1. The summed E-state index contributed by atoms with van der Waals surface area (Å²) in [6.45, 7) is 0. The summed E-state index contributed by atoms with van der Waals surface area (Å²) in [6, 6.07) is 9.92. The van der Waals surface area contributed by atoms with Crippen LogP contribution in [0.4, 0.5) is 10.1 Å². The molecule has 1 N–H and O–H groups in total. The molecule has 116 valence electrons. The number of nitrogens with zero attached hydrogens (tertiary/aromatic N) is 1. The number of benzene rings is 1. The first-order chi connectivity index (χ1) is 10.7. The largest absolute Gasteiger partial charge is 0.481 e. The van der Waals surface area contributed by atoms with E-state index in [0.29, 0.717) is 18.0 Å². The summed E-state index contributed by atoms with van der Waals surface area (Å²) in [5.41, 5.74) is 1.74. The molecule has 1 aromatic carbocycles. The Hall–Kier alpha value is -2.43. The number of aryl methyl sites for hydroxylation is 1. The Morgan fingerprint density at radius 1 is 1.18 bits per heavy atom. The van der Waals surface area contributed by atoms with Gasteiger partial charge in [-0.3, -0.25) is 4.79 Å². The van der Waals surface area contributed by atoms with Gasteiger partial charge in [-0.25, -0.2) is 9.37 Å². The number of ether oxygens (including phenoxy) is 1. The average Bonchev–Trinajstić information content (AvgIpc) is 2.54. The molecule has 1 amide bonds. The number of hydrogen-bond donors (Lipinski definition) is 1. The molecule has 0 aliphatic carbocycles. The van der Waals surface area contributed by atoms with E-state index in [0.717, 1.165) is 24.8 Å². The van der Waals surface area contributed by atoms with Crippen LogP contribution in [0.5, 0.6) is 5.88 Å². The highest BCUT2D eigenvalue weighted by Crippen LogP contribution is 2.12. The third-order valence-corrected chi connectivity index (χ3v) is 3.26. The molecule has 0 unspecified atom stereocenters. The van der Waals surface area contributed by atoms with Crippen molar-refractivity contribution in [2.24, 2.45) is 0 Å². The maximum Gasteiger partial charge on any atom is 0.224 e. The third-order valence-electron chi connectivity index (χ3n) is 3.26. The normalized spacial score (nSPS) is 10.3. The SMILES string of the molecule is COc1ccc(NC(=O)CCCCc2ccc(F)cc2)cn1. The van der Waals surface area contributed by atoms with Gasteiger partial charge in [0.15, 0.2) is 0 Å². The third kappa shape index (κ3) is 5.16. The number of carbonyl (C=O) groups is 1. The van der Waals surface area contributed by atoms with E-state index in [1.165, 1.54) is 12.1 Å². The van der Waals surface area contributed by atoms with E-state index in [4.69, 9.17) is 4.74 Å². The molecule has 2 aromatic rings. The van der Waals surface area contributed by atoms with E-state index in [2.05, 4.69) is 10.3 Å². The van der Waals surface area contributed by atoms with Crippen LogP contribution in [0.2, 0.25) is 0 Å². The number of carbonyl (C=O) groups excluding carboxylic acids is 1. The van der Waals surface area contributed by atoms with Gasteiger partial charge in [-0.1, -0.05) is 12.1 Å². The smallest absolute Gasteiger partial charge is 0.224 e. The molecular weight excluding hydrogens is 283 g/mol. The van der Waals surface area contributed by atoms with Crippen molar-refractivity contribution in [3.63, 3.8) is 0 Å². The molecule has 0 saturated carbocycles. The van der Waals surface area contributed by atoms with Gasteiger partial charge in [-0.2, -0.15) is 0 Å². The van der Waals surface area contributed by atoms with Crippen LogP contribution >= 0.6 is 0 Å². The molecule has 0 fully saturated rings. The van der Waals surface area contributed by atoms with Crippen LogP contribution < -0.4 is 10.1 Å². The Labute approximate surface area is 129 Å². The van der Waals surface area contributed by atoms with Crippen LogP contribution in [-0.4, -0.2) is 18.0 Å². The highest BCUT2D eigenvalue weighted by atomic mass is 19.1. The van der Waals surface area contributed by atoms with Crippen molar-refractivity contribution in [2.45, 2.75) is 25.7 Å². The Kier molecular flexibility index (Phi) is 5.89. The predicted molar refractivity (Wildman–Crippen MR) is 83.4 cm³/mol. The number of hydrogen-bond acceptors (Lipinski definition) is 3. The molecule has 0 atom stereocenters. The molecule has 0 aliphatic rings. The summed E-state index contributed by atoms with van der Waals surface area (Å²) in [6.07, 6.45) is 4.53. The lowest BCUT2D eigenvalue weighted by molar-refractivity contribution is -0.116. The van der Waals surface area contributed by atoms with Gasteiger partial charge in [0, 0.05) is 12.5 Å². The zero-order chi connectivity index (χ0) is 15.8. The van der Waals surface area contributed by atoms with Crippen molar-refractivity contribution >= 4 is 11.6 Å². The number of rotatable bonds is 7. The minimum Gasteiger partial charge on any atom is -0.481 e. The zero-order valence-corrected chi connectivity index (χ0v) is 12.5. The summed E-state index contributed by atoms with van der Waals surface area (Å²) in [4.78, 5) is 15.8. The van der Waals surface area contributed by atoms with E-state index < -0.39 is 0 Å². The molecule has 0 aliphatic heterocycles. The van der Waals surface area contributed by atoms with Gasteiger partial charge in [-0.15, -0.1) is 0 Å². The quantitative estimate of drug-likeness (QED) is 0.795. The van der Waals surface area contributed by atoms with Crippen LogP contribution in [0.15, 0.2) is 42.6 Å². The van der Waals surface area contributed by atoms with Crippen LogP contribution in [0.25, 0.3) is 0 Å². The van der Waals surface area contributed by atoms with Crippen LogP contribution in [0, 0.1) is 5.82 Å². The van der Waals surface area contributed by atoms with Crippen LogP contribution in [-0.2, 0) is 11.2 Å². The van der Waals surface area contributed by atoms with Gasteiger partial charge < -0.3 is 10.1 Å². The minimum atomic E-state index is -0.226. The number of nitrogens with one attached hydrogen (secondary N) is 1. The minimum absolute atomic E-state index is 0.0360. The van der Waals surface area contributed by atoms with Crippen LogP contribution in [0.1, 0.15) is 24.8 Å². The van der Waals surface area contributed by atoms with Gasteiger partial charge in [-0.05, 0) is 43.0 Å². The fourth-order valence-electron chi connectivity index (χ4n) is 2.06. The molecule has 1 aromatic heterocycles. The van der Waals surface area contributed by atoms with Gasteiger partial charge >= 0.3 is 0 Å². The first-order valence-corrected chi connectivity index (χ1v) is 7.22. The maximum absolute atomic E-state index is 12.8.